The summed E-state index contributed by atoms with van der Waals surface area (Å²) in [6, 6.07) is 0. The lowest BCUT2D eigenvalue weighted by Crippen LogP contribution is -1.93. The van der Waals surface area contributed by atoms with E-state index in [1.54, 1.807) is 0 Å². The van der Waals surface area contributed by atoms with Crippen LogP contribution < -0.4 is 5.32 Å². The van der Waals surface area contributed by atoms with Gasteiger partial charge in [0.2, 0.25) is 13.1 Å². The number of hydrogen-bond acceptors (Lipinski definition) is 2. The molecular formula is C2H2N2O. The Labute approximate surface area is 29.6 Å². The first-order valence-electron chi connectivity index (χ1n) is 1.23. The Balaban J connectivity index is 2.32. The zero-order chi connectivity index (χ0) is 3.54. The van der Waals surface area contributed by atoms with Gasteiger partial charge < -0.3 is 4.84 Å². The monoisotopic (exact) mass is 70.0 g/mol. The van der Waals surface area contributed by atoms with Crippen molar-refractivity contribution in [1.29, 1.82) is 0 Å². The minimum absolute atomic E-state index is 0.347. The number of nitrogens with zero attached hydrogens (tertiary/aromatic N) is 2. The molecule has 0 aromatic carbocycles. The molecule has 0 spiro atoms. The standard InChI is InChI=1S/C2H2N2O/c1-3-2-5-4-1/h2H2. The highest BCUT2D eigenvalue weighted by Gasteiger charge is 1.87. The molecule has 0 atom stereocenters. The minimum atomic E-state index is 0.347. The fourth-order valence-electron chi connectivity index (χ4n) is 0.144. The molecule has 0 aliphatic carbocycles. The maximum absolute atomic E-state index is 4.29. The van der Waals surface area contributed by atoms with Crippen LogP contribution in [0.15, 0.2) is 5.16 Å². The summed E-state index contributed by atoms with van der Waals surface area (Å²) in [5.74, 6) is 0. The maximum Gasteiger partial charge on any atom is 0.238 e. The summed E-state index contributed by atoms with van der Waals surface area (Å²) in [4.78, 5) is 4.29. The minimum Gasteiger partial charge on any atom is -0.370 e. The first-order chi connectivity index (χ1) is 2.50. The van der Waals surface area contributed by atoms with Crippen molar-refractivity contribution in [2.75, 3.05) is 6.73 Å². The maximum atomic E-state index is 4.29. The molecule has 1 heterocycles. The molecule has 26 valence electrons. The molecule has 3 heteroatoms. The van der Waals surface area contributed by atoms with E-state index in [9.17, 15) is 0 Å². The van der Waals surface area contributed by atoms with Gasteiger partial charge in [0.05, 0.1) is 0 Å². The smallest absolute Gasteiger partial charge is 0.238 e. The van der Waals surface area contributed by atoms with Crippen LogP contribution >= 0.6 is 0 Å². The van der Waals surface area contributed by atoms with E-state index in [4.69, 9.17) is 0 Å². The second-order valence-electron chi connectivity index (χ2n) is 0.608. The van der Waals surface area contributed by atoms with Crippen molar-refractivity contribution in [3.05, 3.63) is 0 Å². The van der Waals surface area contributed by atoms with E-state index < -0.39 is 0 Å². The van der Waals surface area contributed by atoms with Crippen LogP contribution in [-0.4, -0.2) is 13.1 Å². The molecule has 0 N–H and O–H groups in total. The van der Waals surface area contributed by atoms with Crippen molar-refractivity contribution in [3.63, 3.8) is 0 Å². The molecule has 1 rings (SSSR count). The first kappa shape index (κ1) is 2.50. The van der Waals surface area contributed by atoms with Gasteiger partial charge in [-0.25, -0.2) is 5.32 Å². The van der Waals surface area contributed by atoms with Gasteiger partial charge in [0, 0.05) is 0 Å². The third kappa shape index (κ3) is 0.289. The molecule has 1 aliphatic heterocycles. The molecule has 0 unspecified atom stereocenters. The van der Waals surface area contributed by atoms with Crippen LogP contribution in [0.3, 0.4) is 0 Å². The Morgan fingerprint density at radius 2 is 2.80 bits per heavy atom. The molecule has 0 saturated carbocycles. The molecular weight excluding hydrogens is 68.0 g/mol. The molecule has 0 aromatic heterocycles. The van der Waals surface area contributed by atoms with E-state index in [-0.39, 0.29) is 0 Å². The quantitative estimate of drug-likeness (QED) is 0.375. The lowest BCUT2D eigenvalue weighted by Gasteiger charge is -1.74. The van der Waals surface area contributed by atoms with Crippen molar-refractivity contribution in [1.82, 2.24) is 5.32 Å². The topological polar surface area (TPSA) is 35.7 Å². The van der Waals surface area contributed by atoms with Crippen molar-refractivity contribution in [2.24, 2.45) is 5.16 Å². The van der Waals surface area contributed by atoms with E-state index in [0.29, 0.717) is 6.73 Å². The normalized spacial score (nSPS) is 17.6. The fourth-order valence-corrected chi connectivity index (χ4v) is 0.144. The van der Waals surface area contributed by atoms with E-state index in [2.05, 4.69) is 21.6 Å². The molecule has 0 saturated heterocycles. The highest BCUT2D eigenvalue weighted by molar-refractivity contribution is 5.53. The van der Waals surface area contributed by atoms with Gasteiger partial charge in [-0.2, -0.15) is 0 Å². The van der Waals surface area contributed by atoms with Gasteiger partial charge in [0.1, 0.15) is 0 Å². The van der Waals surface area contributed by atoms with Crippen LogP contribution in [-0.2, 0) is 4.84 Å². The van der Waals surface area contributed by atoms with Crippen molar-refractivity contribution >= 4 is 6.34 Å². The highest BCUT2D eigenvalue weighted by Crippen LogP contribution is 1.75. The van der Waals surface area contributed by atoms with Crippen molar-refractivity contribution in [2.45, 2.75) is 0 Å². The molecule has 0 bridgehead atoms. The first-order valence-corrected chi connectivity index (χ1v) is 1.23. The van der Waals surface area contributed by atoms with E-state index in [1.165, 1.54) is 0 Å². The number of hydrogen-bond donors (Lipinski definition) is 0. The SMILES string of the molecule is [C]1=NOC[N]1. The van der Waals surface area contributed by atoms with Gasteiger partial charge >= 0.3 is 0 Å². The summed E-state index contributed by atoms with van der Waals surface area (Å²) >= 11 is 0. The summed E-state index contributed by atoms with van der Waals surface area (Å²) in [6.07, 6.45) is 2.25. The van der Waals surface area contributed by atoms with Gasteiger partial charge in [0.15, 0.2) is 0 Å². The van der Waals surface area contributed by atoms with Crippen molar-refractivity contribution in [3.8, 4) is 0 Å². The average molecular weight is 70.1 g/mol. The molecule has 5 heavy (non-hydrogen) atoms. The molecule has 1 aliphatic rings. The Morgan fingerprint density at radius 1 is 1.80 bits per heavy atom. The van der Waals surface area contributed by atoms with E-state index >= 15 is 0 Å². The Bertz CT molecular complexity index is 45.6. The largest absolute Gasteiger partial charge is 0.370 e. The molecule has 2 radical (unpaired) electrons. The van der Waals surface area contributed by atoms with Crippen molar-refractivity contribution < 1.29 is 4.84 Å². The Morgan fingerprint density at radius 3 is 3.00 bits per heavy atom. The average Bonchev–Trinajstić information content (AvgIpc) is 1.76. The van der Waals surface area contributed by atoms with E-state index in [0.717, 1.165) is 0 Å². The zero-order valence-corrected chi connectivity index (χ0v) is 2.51. The van der Waals surface area contributed by atoms with Gasteiger partial charge in [-0.05, 0) is 0 Å². The van der Waals surface area contributed by atoms with Crippen LogP contribution in [0, 0.1) is 0 Å². The highest BCUT2D eigenvalue weighted by atomic mass is 16.6. The summed E-state index contributed by atoms with van der Waals surface area (Å²) < 4.78 is 0. The third-order valence-corrected chi connectivity index (χ3v) is 0.298. The molecule has 0 fully saturated rings. The van der Waals surface area contributed by atoms with Gasteiger partial charge in [0.25, 0.3) is 0 Å². The van der Waals surface area contributed by atoms with Crippen LogP contribution in [0.1, 0.15) is 0 Å². The third-order valence-electron chi connectivity index (χ3n) is 0.298. The van der Waals surface area contributed by atoms with Gasteiger partial charge in [-0.1, -0.05) is 5.16 Å². The molecule has 0 aromatic rings. The predicted molar refractivity (Wildman–Crippen MR) is 15.5 cm³/mol. The molecule has 0 amide bonds. The predicted octanol–water partition coefficient (Wildman–Crippen LogP) is -0.601. The fraction of sp³-hybridized carbons (Fsp3) is 0.500. The van der Waals surface area contributed by atoms with Crippen LogP contribution in [0.2, 0.25) is 0 Å². The van der Waals surface area contributed by atoms with Crippen LogP contribution in [0.4, 0.5) is 0 Å². The lowest BCUT2D eigenvalue weighted by molar-refractivity contribution is 0.163. The van der Waals surface area contributed by atoms with Crippen LogP contribution in [0.5, 0.6) is 0 Å². The van der Waals surface area contributed by atoms with Crippen LogP contribution in [0.25, 0.3) is 0 Å². The Hall–Kier alpha value is -0.730. The molecule has 3 nitrogen and oxygen atoms in total. The van der Waals surface area contributed by atoms with E-state index in [1.807, 2.05) is 0 Å². The summed E-state index contributed by atoms with van der Waals surface area (Å²) in [5, 5.41) is 6.61. The second kappa shape index (κ2) is 0.924. The summed E-state index contributed by atoms with van der Waals surface area (Å²) in [5.41, 5.74) is 0. The summed E-state index contributed by atoms with van der Waals surface area (Å²) in [6.45, 7) is 0.347. The zero-order valence-electron chi connectivity index (χ0n) is 2.51. The van der Waals surface area contributed by atoms with Gasteiger partial charge in [-0.15, -0.1) is 0 Å². The Kier molecular flexibility index (Phi) is 0.463. The summed E-state index contributed by atoms with van der Waals surface area (Å²) in [7, 11) is 0. The number of rotatable bonds is 0. The lowest BCUT2D eigenvalue weighted by atomic mass is 11.2. The second-order valence-corrected chi connectivity index (χ2v) is 0.608. The van der Waals surface area contributed by atoms with Gasteiger partial charge in [-0.3, -0.25) is 0 Å².